The van der Waals surface area contributed by atoms with Crippen LogP contribution in [0.5, 0.6) is 0 Å². The number of nitrogens with zero attached hydrogens (tertiary/aromatic N) is 1. The standard InChI is InChI=1S/C21H24N2O2/c1-22-13-20-12-21(7-6-19(20)15-25)23-10-8-18(9-11-23)17-4-2-16(14-24)3-5-17/h2-7,12,14-15,18,22H,8-11,13H2,1H3. The van der Waals surface area contributed by atoms with E-state index in [2.05, 4.69) is 28.4 Å². The quantitative estimate of drug-likeness (QED) is 0.821. The topological polar surface area (TPSA) is 49.4 Å². The maximum absolute atomic E-state index is 11.2. The van der Waals surface area contributed by atoms with Gasteiger partial charge < -0.3 is 10.2 Å². The van der Waals surface area contributed by atoms with E-state index in [4.69, 9.17) is 0 Å². The molecule has 0 atom stereocenters. The lowest BCUT2D eigenvalue weighted by molar-refractivity contribution is 0.111. The first kappa shape index (κ1) is 17.4. The monoisotopic (exact) mass is 336 g/mol. The number of hydrogen-bond acceptors (Lipinski definition) is 4. The Hall–Kier alpha value is -2.46. The molecule has 0 spiro atoms. The highest BCUT2D eigenvalue weighted by atomic mass is 16.1. The van der Waals surface area contributed by atoms with Crippen LogP contribution in [0, 0.1) is 0 Å². The summed E-state index contributed by atoms with van der Waals surface area (Å²) < 4.78 is 0. The maximum Gasteiger partial charge on any atom is 0.150 e. The second-order valence-electron chi connectivity index (χ2n) is 6.58. The molecule has 1 heterocycles. The van der Waals surface area contributed by atoms with Crippen molar-refractivity contribution in [1.29, 1.82) is 0 Å². The van der Waals surface area contributed by atoms with Gasteiger partial charge >= 0.3 is 0 Å². The van der Waals surface area contributed by atoms with Crippen LogP contribution < -0.4 is 10.2 Å². The Kier molecular flexibility index (Phi) is 5.61. The second-order valence-corrected chi connectivity index (χ2v) is 6.58. The number of benzene rings is 2. The third kappa shape index (κ3) is 3.97. The van der Waals surface area contributed by atoms with Crippen LogP contribution in [0.15, 0.2) is 42.5 Å². The highest BCUT2D eigenvalue weighted by molar-refractivity contribution is 5.78. The van der Waals surface area contributed by atoms with Gasteiger partial charge in [0, 0.05) is 36.4 Å². The summed E-state index contributed by atoms with van der Waals surface area (Å²) in [6, 6.07) is 14.0. The summed E-state index contributed by atoms with van der Waals surface area (Å²) in [5.41, 5.74) is 5.03. The van der Waals surface area contributed by atoms with Crippen molar-refractivity contribution in [2.75, 3.05) is 25.0 Å². The normalized spacial score (nSPS) is 15.2. The molecule has 1 N–H and O–H groups in total. The van der Waals surface area contributed by atoms with E-state index in [0.717, 1.165) is 55.2 Å². The lowest BCUT2D eigenvalue weighted by atomic mass is 9.88. The first-order valence-electron chi connectivity index (χ1n) is 8.78. The van der Waals surface area contributed by atoms with E-state index in [1.807, 2.05) is 31.3 Å². The second kappa shape index (κ2) is 8.08. The van der Waals surface area contributed by atoms with Gasteiger partial charge in [-0.05, 0) is 55.1 Å². The summed E-state index contributed by atoms with van der Waals surface area (Å²) >= 11 is 0. The molecule has 4 nitrogen and oxygen atoms in total. The van der Waals surface area contributed by atoms with Gasteiger partial charge in [-0.15, -0.1) is 0 Å². The molecule has 0 aliphatic carbocycles. The molecule has 0 saturated carbocycles. The van der Waals surface area contributed by atoms with Crippen molar-refractivity contribution in [2.45, 2.75) is 25.3 Å². The van der Waals surface area contributed by atoms with Gasteiger partial charge in [0.05, 0.1) is 0 Å². The minimum Gasteiger partial charge on any atom is -0.371 e. The molecule has 2 aromatic rings. The molecule has 130 valence electrons. The Balaban J connectivity index is 1.68. The molecule has 1 fully saturated rings. The van der Waals surface area contributed by atoms with E-state index in [0.29, 0.717) is 12.5 Å². The van der Waals surface area contributed by atoms with Gasteiger partial charge in [-0.3, -0.25) is 9.59 Å². The SMILES string of the molecule is CNCc1cc(N2CCC(c3ccc(C=O)cc3)CC2)ccc1C=O. The van der Waals surface area contributed by atoms with Gasteiger partial charge in [0.15, 0.2) is 0 Å². The smallest absolute Gasteiger partial charge is 0.150 e. The average Bonchev–Trinajstić information content (AvgIpc) is 2.68. The highest BCUT2D eigenvalue weighted by Gasteiger charge is 2.21. The fourth-order valence-electron chi connectivity index (χ4n) is 3.57. The summed E-state index contributed by atoms with van der Waals surface area (Å²) in [5.74, 6) is 0.544. The summed E-state index contributed by atoms with van der Waals surface area (Å²) in [6.45, 7) is 2.69. The van der Waals surface area contributed by atoms with Gasteiger partial charge in [-0.1, -0.05) is 24.3 Å². The van der Waals surface area contributed by atoms with E-state index in [1.165, 1.54) is 11.3 Å². The third-order valence-corrected chi connectivity index (χ3v) is 5.02. The van der Waals surface area contributed by atoms with E-state index in [9.17, 15) is 9.59 Å². The van der Waals surface area contributed by atoms with Crippen molar-refractivity contribution in [1.82, 2.24) is 5.32 Å². The van der Waals surface area contributed by atoms with Crippen LogP contribution in [-0.2, 0) is 6.54 Å². The minimum atomic E-state index is 0.544. The molecule has 0 amide bonds. The number of aldehydes is 2. The van der Waals surface area contributed by atoms with Gasteiger partial charge in [-0.2, -0.15) is 0 Å². The summed E-state index contributed by atoms with van der Waals surface area (Å²) in [5, 5.41) is 3.12. The number of anilines is 1. The van der Waals surface area contributed by atoms with Crippen LogP contribution in [-0.4, -0.2) is 32.7 Å². The largest absolute Gasteiger partial charge is 0.371 e. The Bertz CT molecular complexity index is 732. The van der Waals surface area contributed by atoms with Crippen molar-refractivity contribution in [2.24, 2.45) is 0 Å². The average molecular weight is 336 g/mol. The zero-order chi connectivity index (χ0) is 17.6. The fraction of sp³-hybridized carbons (Fsp3) is 0.333. The van der Waals surface area contributed by atoms with Crippen molar-refractivity contribution >= 4 is 18.3 Å². The molecule has 1 aliphatic rings. The lowest BCUT2D eigenvalue weighted by Crippen LogP contribution is -2.33. The van der Waals surface area contributed by atoms with Crippen molar-refractivity contribution in [3.63, 3.8) is 0 Å². The van der Waals surface area contributed by atoms with E-state index in [1.54, 1.807) is 0 Å². The number of rotatable bonds is 6. The predicted octanol–water partition coefficient (Wildman–Crippen LogP) is 3.42. The Morgan fingerprint density at radius 1 is 1.04 bits per heavy atom. The van der Waals surface area contributed by atoms with Crippen LogP contribution >= 0.6 is 0 Å². The summed E-state index contributed by atoms with van der Waals surface area (Å²) in [4.78, 5) is 24.3. The van der Waals surface area contributed by atoms with E-state index in [-0.39, 0.29) is 0 Å². The van der Waals surface area contributed by atoms with Crippen LogP contribution in [0.4, 0.5) is 5.69 Å². The lowest BCUT2D eigenvalue weighted by Gasteiger charge is -2.34. The molecule has 1 saturated heterocycles. The van der Waals surface area contributed by atoms with Crippen LogP contribution in [0.2, 0.25) is 0 Å². The molecule has 1 aliphatic heterocycles. The van der Waals surface area contributed by atoms with Gasteiger partial charge in [0.25, 0.3) is 0 Å². The zero-order valence-corrected chi connectivity index (χ0v) is 14.6. The molecule has 0 unspecified atom stereocenters. The Morgan fingerprint density at radius 3 is 2.36 bits per heavy atom. The minimum absolute atomic E-state index is 0.544. The van der Waals surface area contributed by atoms with Crippen LogP contribution in [0.3, 0.4) is 0 Å². The summed E-state index contributed by atoms with van der Waals surface area (Å²) in [6.07, 6.45) is 4.00. The number of carbonyl (C=O) groups excluding carboxylic acids is 2. The fourth-order valence-corrected chi connectivity index (χ4v) is 3.57. The van der Waals surface area contributed by atoms with E-state index >= 15 is 0 Å². The first-order valence-corrected chi connectivity index (χ1v) is 8.78. The number of piperidine rings is 1. The molecule has 0 aromatic heterocycles. The molecule has 3 rings (SSSR count). The van der Waals surface area contributed by atoms with Gasteiger partial charge in [0.2, 0.25) is 0 Å². The number of carbonyl (C=O) groups is 2. The Labute approximate surface area is 148 Å². The van der Waals surface area contributed by atoms with Gasteiger partial charge in [0.1, 0.15) is 12.6 Å². The molecule has 25 heavy (non-hydrogen) atoms. The number of hydrogen-bond donors (Lipinski definition) is 1. The maximum atomic E-state index is 11.2. The molecule has 0 radical (unpaired) electrons. The van der Waals surface area contributed by atoms with E-state index < -0.39 is 0 Å². The van der Waals surface area contributed by atoms with Crippen LogP contribution in [0.1, 0.15) is 50.6 Å². The molecule has 2 aromatic carbocycles. The third-order valence-electron chi connectivity index (χ3n) is 5.02. The van der Waals surface area contributed by atoms with Crippen molar-refractivity contribution in [3.05, 3.63) is 64.7 Å². The molecule has 4 heteroatoms. The first-order chi connectivity index (χ1) is 12.2. The summed E-state index contributed by atoms with van der Waals surface area (Å²) in [7, 11) is 1.89. The molecular formula is C21H24N2O2. The Morgan fingerprint density at radius 2 is 1.76 bits per heavy atom. The molecule has 0 bridgehead atoms. The molecular weight excluding hydrogens is 312 g/mol. The zero-order valence-electron chi connectivity index (χ0n) is 14.6. The number of nitrogens with one attached hydrogen (secondary N) is 1. The van der Waals surface area contributed by atoms with Gasteiger partial charge in [-0.25, -0.2) is 0 Å². The predicted molar refractivity (Wildman–Crippen MR) is 101 cm³/mol. The van der Waals surface area contributed by atoms with Crippen LogP contribution in [0.25, 0.3) is 0 Å². The van der Waals surface area contributed by atoms with Crippen molar-refractivity contribution in [3.8, 4) is 0 Å². The highest BCUT2D eigenvalue weighted by Crippen LogP contribution is 2.31. The van der Waals surface area contributed by atoms with Crippen molar-refractivity contribution < 1.29 is 9.59 Å².